The Morgan fingerprint density at radius 2 is 1.80 bits per heavy atom. The Balaban J connectivity index is 2.46. The summed E-state index contributed by atoms with van der Waals surface area (Å²) < 4.78 is 0. The number of benzene rings is 1. The predicted molar refractivity (Wildman–Crippen MR) is 80.7 cm³/mol. The van der Waals surface area contributed by atoms with Gasteiger partial charge in [-0.25, -0.2) is 0 Å². The van der Waals surface area contributed by atoms with E-state index in [1.807, 2.05) is 58.9 Å². The van der Waals surface area contributed by atoms with Crippen molar-refractivity contribution in [2.75, 3.05) is 4.90 Å². The van der Waals surface area contributed by atoms with Crippen molar-refractivity contribution in [3.8, 4) is 0 Å². The Hall–Kier alpha value is -1.64. The van der Waals surface area contributed by atoms with E-state index in [0.29, 0.717) is 6.42 Å². The van der Waals surface area contributed by atoms with Gasteiger partial charge in [-0.3, -0.25) is 9.59 Å². The van der Waals surface area contributed by atoms with Crippen molar-refractivity contribution in [2.45, 2.75) is 47.1 Å². The molecule has 0 aromatic heterocycles. The summed E-state index contributed by atoms with van der Waals surface area (Å²) in [5.74, 6) is 0.0878. The molecule has 2 rings (SSSR count). The molecule has 1 aromatic rings. The molecule has 3 nitrogen and oxygen atoms in total. The zero-order valence-corrected chi connectivity index (χ0v) is 12.9. The van der Waals surface area contributed by atoms with E-state index in [2.05, 4.69) is 0 Å². The van der Waals surface area contributed by atoms with Crippen molar-refractivity contribution < 1.29 is 9.59 Å². The van der Waals surface area contributed by atoms with Gasteiger partial charge in [0.2, 0.25) is 5.91 Å². The van der Waals surface area contributed by atoms with Gasteiger partial charge in [-0.1, -0.05) is 52.8 Å². The molecule has 1 heterocycles. The van der Waals surface area contributed by atoms with E-state index in [1.54, 1.807) is 4.90 Å². The molecular weight excluding hydrogens is 250 g/mol. The SMILES string of the molecule is CC(C)C(=O)C1Cc2ccccc2N1C(=O)C(C)(C)C. The van der Waals surface area contributed by atoms with Gasteiger partial charge in [-0.15, -0.1) is 0 Å². The van der Waals surface area contributed by atoms with Crippen LogP contribution in [0.5, 0.6) is 0 Å². The minimum atomic E-state index is -0.493. The second kappa shape index (κ2) is 5.04. The molecule has 0 bridgehead atoms. The summed E-state index contributed by atoms with van der Waals surface area (Å²) in [7, 11) is 0. The summed E-state index contributed by atoms with van der Waals surface area (Å²) in [5.41, 5.74) is 1.49. The number of nitrogens with zero attached hydrogens (tertiary/aromatic N) is 1. The number of rotatable bonds is 2. The fourth-order valence-corrected chi connectivity index (χ4v) is 2.61. The molecule has 0 spiro atoms. The van der Waals surface area contributed by atoms with Crippen LogP contribution < -0.4 is 4.90 Å². The molecule has 0 N–H and O–H groups in total. The van der Waals surface area contributed by atoms with Crippen LogP contribution in [-0.4, -0.2) is 17.7 Å². The number of anilines is 1. The molecule has 1 unspecified atom stereocenters. The van der Waals surface area contributed by atoms with Crippen LogP contribution in [0, 0.1) is 11.3 Å². The molecule has 1 aliphatic heterocycles. The predicted octanol–water partition coefficient (Wildman–Crippen LogP) is 3.22. The fraction of sp³-hybridized carbons (Fsp3) is 0.529. The molecule has 1 amide bonds. The lowest BCUT2D eigenvalue weighted by molar-refractivity contribution is -0.130. The first-order valence-corrected chi connectivity index (χ1v) is 7.18. The lowest BCUT2D eigenvalue weighted by Crippen LogP contribution is -2.48. The molecule has 108 valence electrons. The largest absolute Gasteiger partial charge is 0.301 e. The van der Waals surface area contributed by atoms with Crippen LogP contribution in [0.3, 0.4) is 0 Å². The van der Waals surface area contributed by atoms with E-state index in [-0.39, 0.29) is 23.7 Å². The van der Waals surface area contributed by atoms with Crippen LogP contribution in [0.1, 0.15) is 40.2 Å². The van der Waals surface area contributed by atoms with Crippen molar-refractivity contribution in [1.82, 2.24) is 0 Å². The third kappa shape index (κ3) is 2.49. The molecule has 20 heavy (non-hydrogen) atoms. The average Bonchev–Trinajstić information content (AvgIpc) is 2.74. The average molecular weight is 273 g/mol. The molecule has 1 atom stereocenters. The van der Waals surface area contributed by atoms with Gasteiger partial charge in [0.05, 0.1) is 6.04 Å². The maximum atomic E-state index is 12.7. The van der Waals surface area contributed by atoms with Crippen molar-refractivity contribution in [3.05, 3.63) is 29.8 Å². The normalized spacial score (nSPS) is 18.3. The first kappa shape index (κ1) is 14.8. The third-order valence-corrected chi connectivity index (χ3v) is 3.73. The van der Waals surface area contributed by atoms with Gasteiger partial charge in [-0.05, 0) is 11.6 Å². The number of Topliss-reactive ketones (excluding diaryl/α,β-unsaturated/α-hetero) is 1. The van der Waals surface area contributed by atoms with Crippen LogP contribution in [0.15, 0.2) is 24.3 Å². The smallest absolute Gasteiger partial charge is 0.233 e. The van der Waals surface area contributed by atoms with Crippen LogP contribution in [0.25, 0.3) is 0 Å². The highest BCUT2D eigenvalue weighted by molar-refractivity contribution is 6.06. The maximum absolute atomic E-state index is 12.7. The zero-order valence-electron chi connectivity index (χ0n) is 12.9. The van der Waals surface area contributed by atoms with Gasteiger partial charge < -0.3 is 4.90 Å². The Labute approximate surface area is 121 Å². The number of hydrogen-bond acceptors (Lipinski definition) is 2. The Bertz CT molecular complexity index is 540. The third-order valence-electron chi connectivity index (χ3n) is 3.73. The number of hydrogen-bond donors (Lipinski definition) is 0. The fourth-order valence-electron chi connectivity index (χ4n) is 2.61. The lowest BCUT2D eigenvalue weighted by atomic mass is 9.92. The summed E-state index contributed by atoms with van der Waals surface area (Å²) in [6.07, 6.45) is 0.634. The summed E-state index contributed by atoms with van der Waals surface area (Å²) in [5, 5.41) is 0. The molecule has 0 saturated carbocycles. The topological polar surface area (TPSA) is 37.4 Å². The van der Waals surface area contributed by atoms with Crippen molar-refractivity contribution in [1.29, 1.82) is 0 Å². The molecule has 0 saturated heterocycles. The second-order valence-corrected chi connectivity index (χ2v) is 6.83. The minimum absolute atomic E-state index is 0.0152. The molecular formula is C17H23NO2. The Morgan fingerprint density at radius 3 is 2.35 bits per heavy atom. The van der Waals surface area contributed by atoms with Crippen molar-refractivity contribution in [2.24, 2.45) is 11.3 Å². The summed E-state index contributed by atoms with van der Waals surface area (Å²) in [6.45, 7) is 9.48. The van der Waals surface area contributed by atoms with E-state index in [9.17, 15) is 9.59 Å². The summed E-state index contributed by atoms with van der Waals surface area (Å²) in [4.78, 5) is 26.9. The number of ketones is 1. The van der Waals surface area contributed by atoms with E-state index in [4.69, 9.17) is 0 Å². The quantitative estimate of drug-likeness (QED) is 0.829. The Morgan fingerprint density at radius 1 is 1.20 bits per heavy atom. The molecule has 3 heteroatoms. The number of amides is 1. The number of fused-ring (bicyclic) bond motifs is 1. The van der Waals surface area contributed by atoms with E-state index < -0.39 is 5.41 Å². The van der Waals surface area contributed by atoms with Crippen LogP contribution in [0.4, 0.5) is 5.69 Å². The monoisotopic (exact) mass is 273 g/mol. The van der Waals surface area contributed by atoms with Crippen LogP contribution in [0.2, 0.25) is 0 Å². The summed E-state index contributed by atoms with van der Waals surface area (Å²) >= 11 is 0. The molecule has 0 fully saturated rings. The number of para-hydroxylation sites is 1. The second-order valence-electron chi connectivity index (χ2n) is 6.83. The van der Waals surface area contributed by atoms with Crippen molar-refractivity contribution >= 4 is 17.4 Å². The highest BCUT2D eigenvalue weighted by atomic mass is 16.2. The molecule has 0 radical (unpaired) electrons. The molecule has 1 aromatic carbocycles. The number of carbonyl (C=O) groups is 2. The van der Waals surface area contributed by atoms with E-state index in [0.717, 1.165) is 11.3 Å². The Kier molecular flexibility index (Phi) is 3.72. The molecule has 0 aliphatic carbocycles. The minimum Gasteiger partial charge on any atom is -0.301 e. The van der Waals surface area contributed by atoms with Gasteiger partial charge in [0.1, 0.15) is 0 Å². The summed E-state index contributed by atoms with van der Waals surface area (Å²) in [6, 6.07) is 7.47. The van der Waals surface area contributed by atoms with Crippen molar-refractivity contribution in [3.63, 3.8) is 0 Å². The van der Waals surface area contributed by atoms with Gasteiger partial charge in [0.25, 0.3) is 0 Å². The zero-order chi connectivity index (χ0) is 15.1. The van der Waals surface area contributed by atoms with Gasteiger partial charge in [0.15, 0.2) is 5.78 Å². The highest BCUT2D eigenvalue weighted by Gasteiger charge is 2.42. The number of carbonyl (C=O) groups excluding carboxylic acids is 2. The van der Waals surface area contributed by atoms with E-state index >= 15 is 0 Å². The van der Waals surface area contributed by atoms with Crippen LogP contribution in [-0.2, 0) is 16.0 Å². The highest BCUT2D eigenvalue weighted by Crippen LogP contribution is 2.36. The van der Waals surface area contributed by atoms with Gasteiger partial charge >= 0.3 is 0 Å². The lowest BCUT2D eigenvalue weighted by Gasteiger charge is -2.31. The first-order chi connectivity index (χ1) is 9.23. The van der Waals surface area contributed by atoms with E-state index in [1.165, 1.54) is 0 Å². The van der Waals surface area contributed by atoms with Gasteiger partial charge in [0, 0.05) is 23.4 Å². The van der Waals surface area contributed by atoms with Gasteiger partial charge in [-0.2, -0.15) is 0 Å². The first-order valence-electron chi connectivity index (χ1n) is 7.18. The standard InChI is InChI=1S/C17H23NO2/c1-11(2)15(19)14-10-12-8-6-7-9-13(12)18(14)16(20)17(3,4)5/h6-9,11,14H,10H2,1-5H3. The molecule has 1 aliphatic rings. The maximum Gasteiger partial charge on any atom is 0.233 e. The van der Waals surface area contributed by atoms with Crippen LogP contribution >= 0.6 is 0 Å².